The molecule has 3 heteroatoms. The van der Waals surface area contributed by atoms with Gasteiger partial charge in [0.25, 0.3) is 0 Å². The molecular weight excluding hydrogens is 308 g/mol. The first-order chi connectivity index (χ1) is 11.2. The molecule has 23 heavy (non-hydrogen) atoms. The second-order valence-electron chi connectivity index (χ2n) is 6.39. The summed E-state index contributed by atoms with van der Waals surface area (Å²) < 4.78 is 5.30. The van der Waals surface area contributed by atoms with Gasteiger partial charge in [-0.05, 0) is 30.0 Å². The van der Waals surface area contributed by atoms with Crippen LogP contribution >= 0.6 is 11.6 Å². The van der Waals surface area contributed by atoms with E-state index < -0.39 is 0 Å². The van der Waals surface area contributed by atoms with Gasteiger partial charge in [-0.25, -0.2) is 4.79 Å². The smallest absolute Gasteiger partial charge is 0.338 e. The Kier molecular flexibility index (Phi) is 10.8. The van der Waals surface area contributed by atoms with Crippen LogP contribution in [0, 0.1) is 5.92 Å². The van der Waals surface area contributed by atoms with E-state index in [1.54, 1.807) is 12.1 Å². The van der Waals surface area contributed by atoms with E-state index in [0.29, 0.717) is 18.1 Å². The Balaban J connectivity index is 2.01. The molecule has 1 aromatic rings. The number of benzene rings is 1. The molecule has 0 aliphatic heterocycles. The molecule has 0 radical (unpaired) electrons. The minimum absolute atomic E-state index is 0.236. The third-order valence-electron chi connectivity index (χ3n) is 4.37. The Morgan fingerprint density at radius 1 is 1.04 bits per heavy atom. The minimum Gasteiger partial charge on any atom is -0.462 e. The van der Waals surface area contributed by atoms with Crippen LogP contribution in [0.15, 0.2) is 24.3 Å². The Bertz CT molecular complexity index is 428. The number of hydrogen-bond acceptors (Lipinski definition) is 2. The van der Waals surface area contributed by atoms with Crippen LogP contribution in [0.1, 0.15) is 81.1 Å². The summed E-state index contributed by atoms with van der Waals surface area (Å²) in [5.41, 5.74) is 1.61. The van der Waals surface area contributed by atoms with Crippen LogP contribution in [0.25, 0.3) is 0 Å². The van der Waals surface area contributed by atoms with Gasteiger partial charge in [-0.1, -0.05) is 70.9 Å². The molecule has 0 amide bonds. The molecule has 0 bridgehead atoms. The maximum absolute atomic E-state index is 11.9. The molecule has 0 fully saturated rings. The van der Waals surface area contributed by atoms with Gasteiger partial charge in [0.1, 0.15) is 0 Å². The van der Waals surface area contributed by atoms with Crippen molar-refractivity contribution in [1.82, 2.24) is 0 Å². The number of hydrogen-bond donors (Lipinski definition) is 0. The Hall–Kier alpha value is -1.02. The van der Waals surface area contributed by atoms with Gasteiger partial charge in [0.15, 0.2) is 0 Å². The van der Waals surface area contributed by atoms with Gasteiger partial charge < -0.3 is 4.74 Å². The molecule has 0 aromatic heterocycles. The summed E-state index contributed by atoms with van der Waals surface area (Å²) in [7, 11) is 0. The van der Waals surface area contributed by atoms with Gasteiger partial charge in [-0.15, -0.1) is 11.6 Å². The zero-order valence-electron chi connectivity index (χ0n) is 14.7. The lowest BCUT2D eigenvalue weighted by atomic mass is 10.00. The minimum atomic E-state index is -0.236. The summed E-state index contributed by atoms with van der Waals surface area (Å²) >= 11 is 5.73. The van der Waals surface area contributed by atoms with E-state index in [0.717, 1.165) is 24.3 Å². The maximum atomic E-state index is 11.9. The highest BCUT2D eigenvalue weighted by Gasteiger charge is 2.06. The summed E-state index contributed by atoms with van der Waals surface area (Å²) in [5.74, 6) is 1.10. The van der Waals surface area contributed by atoms with Gasteiger partial charge in [-0.2, -0.15) is 0 Å². The molecule has 0 heterocycles. The Labute approximate surface area is 146 Å². The lowest BCUT2D eigenvalue weighted by Gasteiger charge is -2.07. The molecule has 1 atom stereocenters. The Morgan fingerprint density at radius 3 is 2.26 bits per heavy atom. The lowest BCUT2D eigenvalue weighted by Crippen LogP contribution is -2.06. The summed E-state index contributed by atoms with van der Waals surface area (Å²) in [4.78, 5) is 11.9. The molecule has 130 valence electrons. The number of carbonyl (C=O) groups excluding carboxylic acids is 1. The standard InChI is InChI=1S/C20H31ClO2/c1-3-17(2)10-8-6-4-5-7-9-15-23-20(22)19-13-11-18(16-21)12-14-19/h11-14,17H,3-10,15-16H2,1-2H3. The van der Waals surface area contributed by atoms with Crippen LogP contribution in [0.2, 0.25) is 0 Å². The highest BCUT2D eigenvalue weighted by Crippen LogP contribution is 2.14. The second-order valence-corrected chi connectivity index (χ2v) is 6.66. The van der Waals surface area contributed by atoms with E-state index in [9.17, 15) is 4.79 Å². The zero-order chi connectivity index (χ0) is 16.9. The average molecular weight is 339 g/mol. The van der Waals surface area contributed by atoms with Gasteiger partial charge in [0, 0.05) is 5.88 Å². The normalized spacial score (nSPS) is 12.1. The average Bonchev–Trinajstić information content (AvgIpc) is 2.59. The number of unbranched alkanes of at least 4 members (excludes halogenated alkanes) is 5. The van der Waals surface area contributed by atoms with E-state index in [-0.39, 0.29) is 5.97 Å². The fraction of sp³-hybridized carbons (Fsp3) is 0.650. The SMILES string of the molecule is CCC(C)CCCCCCCCOC(=O)c1ccc(CCl)cc1. The first-order valence-corrected chi connectivity index (χ1v) is 9.52. The summed E-state index contributed by atoms with van der Waals surface area (Å²) in [5, 5.41) is 0. The van der Waals surface area contributed by atoms with Gasteiger partial charge in [0.05, 0.1) is 12.2 Å². The number of esters is 1. The Morgan fingerprint density at radius 2 is 1.65 bits per heavy atom. The second kappa shape index (κ2) is 12.4. The van der Waals surface area contributed by atoms with Crippen molar-refractivity contribution in [3.05, 3.63) is 35.4 Å². The van der Waals surface area contributed by atoms with Crippen LogP contribution in [-0.2, 0) is 10.6 Å². The van der Waals surface area contributed by atoms with Crippen LogP contribution < -0.4 is 0 Å². The van der Waals surface area contributed by atoms with Gasteiger partial charge in [-0.3, -0.25) is 0 Å². The first kappa shape index (κ1) is 20.0. The largest absolute Gasteiger partial charge is 0.462 e. The summed E-state index contributed by atoms with van der Waals surface area (Å²) in [6, 6.07) is 7.28. The molecular formula is C20H31ClO2. The number of rotatable bonds is 12. The molecule has 0 saturated carbocycles. The van der Waals surface area contributed by atoms with Crippen LogP contribution in [0.5, 0.6) is 0 Å². The molecule has 2 nitrogen and oxygen atoms in total. The molecule has 0 N–H and O–H groups in total. The number of carbonyl (C=O) groups is 1. The van der Waals surface area contributed by atoms with E-state index >= 15 is 0 Å². The zero-order valence-corrected chi connectivity index (χ0v) is 15.4. The summed E-state index contributed by atoms with van der Waals surface area (Å²) in [6.45, 7) is 5.11. The van der Waals surface area contributed by atoms with Gasteiger partial charge in [0.2, 0.25) is 0 Å². The third-order valence-corrected chi connectivity index (χ3v) is 4.67. The van der Waals surface area contributed by atoms with E-state index in [1.807, 2.05) is 12.1 Å². The predicted octanol–water partition coefficient (Wildman–Crippen LogP) is 6.36. The fourth-order valence-electron chi connectivity index (χ4n) is 2.48. The van der Waals surface area contributed by atoms with E-state index in [4.69, 9.17) is 16.3 Å². The molecule has 0 saturated heterocycles. The van der Waals surface area contributed by atoms with Crippen LogP contribution in [-0.4, -0.2) is 12.6 Å². The molecule has 0 aliphatic carbocycles. The molecule has 0 spiro atoms. The first-order valence-electron chi connectivity index (χ1n) is 8.99. The fourth-order valence-corrected chi connectivity index (χ4v) is 2.66. The number of halogens is 1. The number of alkyl halides is 1. The van der Waals surface area contributed by atoms with E-state index in [2.05, 4.69) is 13.8 Å². The van der Waals surface area contributed by atoms with Crippen LogP contribution in [0.4, 0.5) is 0 Å². The monoisotopic (exact) mass is 338 g/mol. The topological polar surface area (TPSA) is 26.3 Å². The number of ether oxygens (including phenoxy) is 1. The quantitative estimate of drug-likeness (QED) is 0.252. The van der Waals surface area contributed by atoms with Crippen molar-refractivity contribution in [3.8, 4) is 0 Å². The molecule has 0 aliphatic rings. The predicted molar refractivity (Wildman–Crippen MR) is 98.1 cm³/mol. The van der Waals surface area contributed by atoms with Crippen LogP contribution in [0.3, 0.4) is 0 Å². The van der Waals surface area contributed by atoms with Gasteiger partial charge >= 0.3 is 5.97 Å². The van der Waals surface area contributed by atoms with Crippen molar-refractivity contribution < 1.29 is 9.53 Å². The van der Waals surface area contributed by atoms with E-state index in [1.165, 1.54) is 38.5 Å². The molecule has 1 unspecified atom stereocenters. The maximum Gasteiger partial charge on any atom is 0.338 e. The van der Waals surface area contributed by atoms with Crippen molar-refractivity contribution in [2.75, 3.05) is 6.61 Å². The third kappa shape index (κ3) is 9.00. The molecule has 1 aromatic carbocycles. The summed E-state index contributed by atoms with van der Waals surface area (Å²) in [6.07, 6.45) is 9.96. The van der Waals surface area contributed by atoms with Crippen molar-refractivity contribution >= 4 is 17.6 Å². The highest BCUT2D eigenvalue weighted by molar-refractivity contribution is 6.17. The van der Waals surface area contributed by atoms with Crippen molar-refractivity contribution in [1.29, 1.82) is 0 Å². The highest BCUT2D eigenvalue weighted by atomic mass is 35.5. The van der Waals surface area contributed by atoms with Crippen molar-refractivity contribution in [2.24, 2.45) is 5.92 Å². The van der Waals surface area contributed by atoms with Crippen molar-refractivity contribution in [3.63, 3.8) is 0 Å². The lowest BCUT2D eigenvalue weighted by molar-refractivity contribution is 0.0497. The van der Waals surface area contributed by atoms with Crippen molar-refractivity contribution in [2.45, 2.75) is 71.1 Å². The molecule has 1 rings (SSSR count).